The van der Waals surface area contributed by atoms with E-state index in [0.717, 1.165) is 17.9 Å². The fourth-order valence-corrected chi connectivity index (χ4v) is 2.67. The van der Waals surface area contributed by atoms with Gasteiger partial charge >= 0.3 is 0 Å². The Morgan fingerprint density at radius 2 is 1.81 bits per heavy atom. The molecular weight excluding hydrogens is 280 g/mol. The van der Waals surface area contributed by atoms with Crippen LogP contribution in [0.1, 0.15) is 18.4 Å². The van der Waals surface area contributed by atoms with Gasteiger partial charge in [0.15, 0.2) is 0 Å². The van der Waals surface area contributed by atoms with Gasteiger partial charge in [-0.15, -0.1) is 11.8 Å². The Kier molecular flexibility index (Phi) is 5.86. The van der Waals surface area contributed by atoms with Crippen LogP contribution in [0.5, 0.6) is 0 Å². The number of anilines is 1. The summed E-state index contributed by atoms with van der Waals surface area (Å²) in [6.07, 6.45) is 1.33. The van der Waals surface area contributed by atoms with E-state index in [4.69, 9.17) is 5.26 Å². The molecule has 0 aliphatic carbocycles. The first kappa shape index (κ1) is 15.1. The Morgan fingerprint density at radius 3 is 2.48 bits per heavy atom. The maximum absolute atomic E-state index is 11.8. The van der Waals surface area contributed by atoms with E-state index in [-0.39, 0.29) is 5.91 Å². The highest BCUT2D eigenvalue weighted by Crippen LogP contribution is 2.18. The van der Waals surface area contributed by atoms with Crippen molar-refractivity contribution in [3.05, 3.63) is 60.2 Å². The number of nitriles is 1. The Bertz CT molecular complexity index is 617. The summed E-state index contributed by atoms with van der Waals surface area (Å²) in [7, 11) is 0. The molecule has 2 rings (SSSR count). The molecule has 0 aliphatic heterocycles. The van der Waals surface area contributed by atoms with Gasteiger partial charge in [0, 0.05) is 17.0 Å². The van der Waals surface area contributed by atoms with Gasteiger partial charge in [-0.2, -0.15) is 5.26 Å². The molecule has 0 radical (unpaired) electrons. The van der Waals surface area contributed by atoms with Crippen molar-refractivity contribution in [2.24, 2.45) is 0 Å². The third kappa shape index (κ3) is 5.33. The van der Waals surface area contributed by atoms with Crippen molar-refractivity contribution in [2.45, 2.75) is 17.7 Å². The van der Waals surface area contributed by atoms with E-state index in [0.29, 0.717) is 12.0 Å². The van der Waals surface area contributed by atoms with Crippen molar-refractivity contribution in [2.75, 3.05) is 11.1 Å². The summed E-state index contributed by atoms with van der Waals surface area (Å²) in [5.41, 5.74) is 1.32. The molecule has 2 aromatic rings. The number of carbonyl (C=O) groups excluding carboxylic acids is 1. The van der Waals surface area contributed by atoms with Crippen molar-refractivity contribution in [1.82, 2.24) is 0 Å². The zero-order valence-corrected chi connectivity index (χ0v) is 12.4. The van der Waals surface area contributed by atoms with E-state index in [2.05, 4.69) is 17.4 Å². The van der Waals surface area contributed by atoms with E-state index in [1.165, 1.54) is 4.90 Å². The van der Waals surface area contributed by atoms with Crippen LogP contribution in [0.2, 0.25) is 0 Å². The number of nitrogens with zero attached hydrogens (tertiary/aromatic N) is 1. The zero-order chi connectivity index (χ0) is 14.9. The van der Waals surface area contributed by atoms with Crippen LogP contribution in [-0.4, -0.2) is 11.7 Å². The number of hydrogen-bond acceptors (Lipinski definition) is 3. The molecule has 21 heavy (non-hydrogen) atoms. The number of nitrogens with one attached hydrogen (secondary N) is 1. The van der Waals surface area contributed by atoms with E-state index in [9.17, 15) is 4.79 Å². The molecule has 3 nitrogen and oxygen atoms in total. The van der Waals surface area contributed by atoms with Gasteiger partial charge in [0.2, 0.25) is 5.91 Å². The first-order chi connectivity index (χ1) is 10.3. The third-order valence-electron chi connectivity index (χ3n) is 2.86. The molecular formula is C17H16N2OS. The van der Waals surface area contributed by atoms with Crippen LogP contribution in [-0.2, 0) is 4.79 Å². The molecule has 0 spiro atoms. The third-order valence-corrected chi connectivity index (χ3v) is 3.96. The summed E-state index contributed by atoms with van der Waals surface area (Å²) >= 11 is 1.76. The first-order valence-corrected chi connectivity index (χ1v) is 7.74. The summed E-state index contributed by atoms with van der Waals surface area (Å²) in [5, 5.41) is 11.5. The number of amides is 1. The van der Waals surface area contributed by atoms with E-state index in [1.54, 1.807) is 36.0 Å². The summed E-state index contributed by atoms with van der Waals surface area (Å²) in [6.45, 7) is 0. The molecule has 0 bridgehead atoms. The number of hydrogen-bond donors (Lipinski definition) is 1. The summed E-state index contributed by atoms with van der Waals surface area (Å²) in [5.74, 6) is 0.929. The van der Waals surface area contributed by atoms with Crippen LogP contribution in [0.4, 0.5) is 5.69 Å². The van der Waals surface area contributed by atoms with Crippen LogP contribution >= 0.6 is 11.8 Å². The minimum Gasteiger partial charge on any atom is -0.326 e. The van der Waals surface area contributed by atoms with Crippen LogP contribution in [0, 0.1) is 11.3 Å². The molecule has 0 atom stereocenters. The minimum absolute atomic E-state index is 0.00775. The van der Waals surface area contributed by atoms with Crippen molar-refractivity contribution >= 4 is 23.4 Å². The van der Waals surface area contributed by atoms with E-state index in [1.807, 2.05) is 24.3 Å². The van der Waals surface area contributed by atoms with Crippen molar-refractivity contribution in [1.29, 1.82) is 5.26 Å². The molecule has 4 heteroatoms. The molecule has 0 unspecified atom stereocenters. The lowest BCUT2D eigenvalue weighted by molar-refractivity contribution is -0.116. The van der Waals surface area contributed by atoms with E-state index >= 15 is 0 Å². The maximum Gasteiger partial charge on any atom is 0.224 e. The van der Waals surface area contributed by atoms with Crippen LogP contribution in [0.25, 0.3) is 0 Å². The van der Waals surface area contributed by atoms with Crippen molar-refractivity contribution < 1.29 is 4.79 Å². The highest BCUT2D eigenvalue weighted by Gasteiger charge is 2.02. The fraction of sp³-hybridized carbons (Fsp3) is 0.176. The molecule has 0 aromatic heterocycles. The average Bonchev–Trinajstić information content (AvgIpc) is 2.53. The Balaban J connectivity index is 1.69. The van der Waals surface area contributed by atoms with Gasteiger partial charge in [-0.05, 0) is 48.6 Å². The van der Waals surface area contributed by atoms with Gasteiger partial charge < -0.3 is 5.32 Å². The first-order valence-electron chi connectivity index (χ1n) is 6.76. The SMILES string of the molecule is N#Cc1ccc(NC(=O)CCCSc2ccccc2)cc1. The van der Waals surface area contributed by atoms with Crippen LogP contribution in [0.15, 0.2) is 59.5 Å². The normalized spacial score (nSPS) is 9.86. The zero-order valence-electron chi connectivity index (χ0n) is 11.6. The molecule has 106 valence electrons. The highest BCUT2D eigenvalue weighted by molar-refractivity contribution is 7.99. The molecule has 0 saturated carbocycles. The predicted molar refractivity (Wildman–Crippen MR) is 86.2 cm³/mol. The minimum atomic E-state index is 0.00775. The molecule has 0 heterocycles. The van der Waals surface area contributed by atoms with Gasteiger partial charge in [-0.25, -0.2) is 0 Å². The van der Waals surface area contributed by atoms with Gasteiger partial charge in [-0.1, -0.05) is 18.2 Å². The maximum atomic E-state index is 11.8. The van der Waals surface area contributed by atoms with Crippen molar-refractivity contribution in [3.8, 4) is 6.07 Å². The largest absolute Gasteiger partial charge is 0.326 e. The highest BCUT2D eigenvalue weighted by atomic mass is 32.2. The molecule has 0 fully saturated rings. The lowest BCUT2D eigenvalue weighted by Crippen LogP contribution is -2.11. The number of rotatable bonds is 6. The lowest BCUT2D eigenvalue weighted by Gasteiger charge is -2.05. The number of carbonyl (C=O) groups is 1. The summed E-state index contributed by atoms with van der Waals surface area (Å²) in [4.78, 5) is 13.0. The standard InChI is InChI=1S/C17H16N2OS/c18-13-14-8-10-15(11-9-14)19-17(20)7-4-12-21-16-5-2-1-3-6-16/h1-3,5-6,8-11H,4,7,12H2,(H,19,20). The predicted octanol–water partition coefficient (Wildman–Crippen LogP) is 4.07. The molecule has 0 aliphatic rings. The Hall–Kier alpha value is -2.25. The quantitative estimate of drug-likeness (QED) is 0.646. The Morgan fingerprint density at radius 1 is 1.10 bits per heavy atom. The van der Waals surface area contributed by atoms with Gasteiger partial charge in [0.1, 0.15) is 0 Å². The molecule has 0 saturated heterocycles. The molecule has 1 amide bonds. The monoisotopic (exact) mass is 296 g/mol. The Labute approximate surface area is 129 Å². The average molecular weight is 296 g/mol. The summed E-state index contributed by atoms with van der Waals surface area (Å²) < 4.78 is 0. The second-order valence-corrected chi connectivity index (χ2v) is 5.67. The topological polar surface area (TPSA) is 52.9 Å². The van der Waals surface area contributed by atoms with Crippen LogP contribution in [0.3, 0.4) is 0 Å². The van der Waals surface area contributed by atoms with Crippen molar-refractivity contribution in [3.63, 3.8) is 0 Å². The lowest BCUT2D eigenvalue weighted by atomic mass is 10.2. The van der Waals surface area contributed by atoms with Gasteiger partial charge in [0.05, 0.1) is 11.6 Å². The van der Waals surface area contributed by atoms with Gasteiger partial charge in [0.25, 0.3) is 0 Å². The number of benzene rings is 2. The molecule has 1 N–H and O–H groups in total. The van der Waals surface area contributed by atoms with Gasteiger partial charge in [-0.3, -0.25) is 4.79 Å². The van der Waals surface area contributed by atoms with E-state index < -0.39 is 0 Å². The smallest absolute Gasteiger partial charge is 0.224 e. The van der Waals surface area contributed by atoms with Crippen LogP contribution < -0.4 is 5.32 Å². The fourth-order valence-electron chi connectivity index (χ4n) is 1.79. The molecule has 2 aromatic carbocycles. The second kappa shape index (κ2) is 8.13. The number of thioether (sulfide) groups is 1. The second-order valence-electron chi connectivity index (χ2n) is 4.50. The summed E-state index contributed by atoms with van der Waals surface area (Å²) in [6, 6.07) is 19.1.